The van der Waals surface area contributed by atoms with E-state index in [1.165, 1.54) is 0 Å². The zero-order valence-electron chi connectivity index (χ0n) is 29.1. The molecule has 5 aromatic rings. The first-order chi connectivity index (χ1) is 24.8. The van der Waals surface area contributed by atoms with Gasteiger partial charge in [0.1, 0.15) is 11.6 Å². The molecule has 9 nitrogen and oxygen atoms in total. The minimum Gasteiger partial charge on any atom is -0.465 e. The summed E-state index contributed by atoms with van der Waals surface area (Å²) in [6.45, 7) is 6.44. The summed E-state index contributed by atoms with van der Waals surface area (Å²) in [5.74, 6) is -1.59. The lowest BCUT2D eigenvalue weighted by molar-refractivity contribution is -0.170. The molecule has 0 saturated carbocycles. The van der Waals surface area contributed by atoms with Gasteiger partial charge in [-0.2, -0.15) is 0 Å². The van der Waals surface area contributed by atoms with Crippen LogP contribution in [0.2, 0.25) is 0 Å². The second-order valence-corrected chi connectivity index (χ2v) is 12.3. The number of rotatable bonds is 16. The Kier molecular flexibility index (Phi) is 12.6. The van der Waals surface area contributed by atoms with Crippen LogP contribution >= 0.6 is 0 Å². The van der Waals surface area contributed by atoms with Gasteiger partial charge in [-0.1, -0.05) is 140 Å². The van der Waals surface area contributed by atoms with E-state index in [0.717, 1.165) is 33.0 Å². The molecule has 0 bridgehead atoms. The highest BCUT2D eigenvalue weighted by molar-refractivity contribution is 5.92. The van der Waals surface area contributed by atoms with Crippen molar-refractivity contribution in [2.45, 2.75) is 51.1 Å². The van der Waals surface area contributed by atoms with Crippen LogP contribution in [0.25, 0.3) is 10.8 Å². The number of nitrogens with one attached hydrogen (secondary N) is 3. The molecule has 0 fully saturated rings. The van der Waals surface area contributed by atoms with E-state index >= 15 is 0 Å². The Morgan fingerprint density at radius 1 is 0.667 bits per heavy atom. The van der Waals surface area contributed by atoms with Gasteiger partial charge >= 0.3 is 6.09 Å². The predicted octanol–water partition coefficient (Wildman–Crippen LogP) is 7.17. The lowest BCUT2D eigenvalue weighted by atomic mass is 9.77. The largest absolute Gasteiger partial charge is 0.465 e. The fraction of sp³-hybridized carbons (Fsp3) is 0.262. The molecule has 0 aliphatic carbocycles. The van der Waals surface area contributed by atoms with Crippen LogP contribution in [0.1, 0.15) is 55.5 Å². The molecular formula is C42H45N3O6. The average Bonchev–Trinajstić information content (AvgIpc) is 3.16. The molecule has 0 aromatic heterocycles. The van der Waals surface area contributed by atoms with Crippen molar-refractivity contribution in [1.82, 2.24) is 16.0 Å². The number of amides is 3. The van der Waals surface area contributed by atoms with Gasteiger partial charge in [-0.25, -0.2) is 4.79 Å². The number of carbonyl (C=O) groups excluding carboxylic acids is 2. The SMILES string of the molecule is CCOC(OCC)[C@@H](C)C(NC(=O)[C@H](CC(=O)NC(c1ccccc1)(c1ccccc1)c1ccccc1)NC(=O)O)c1cccc2ccccc12. The van der Waals surface area contributed by atoms with Gasteiger partial charge in [-0.3, -0.25) is 9.59 Å². The van der Waals surface area contributed by atoms with Gasteiger partial charge < -0.3 is 30.5 Å². The normalized spacial score (nSPS) is 13.3. The van der Waals surface area contributed by atoms with Gasteiger partial charge in [0.25, 0.3) is 0 Å². The van der Waals surface area contributed by atoms with Gasteiger partial charge in [-0.15, -0.1) is 0 Å². The summed E-state index contributed by atoms with van der Waals surface area (Å²) >= 11 is 0. The van der Waals surface area contributed by atoms with Gasteiger partial charge in [0.2, 0.25) is 11.8 Å². The van der Waals surface area contributed by atoms with Crippen molar-refractivity contribution < 1.29 is 29.0 Å². The van der Waals surface area contributed by atoms with E-state index in [0.29, 0.717) is 13.2 Å². The predicted molar refractivity (Wildman–Crippen MR) is 198 cm³/mol. The van der Waals surface area contributed by atoms with Crippen molar-refractivity contribution in [3.63, 3.8) is 0 Å². The summed E-state index contributed by atoms with van der Waals surface area (Å²) in [7, 11) is 0. The second kappa shape index (κ2) is 17.4. The molecule has 0 radical (unpaired) electrons. The Morgan fingerprint density at radius 3 is 1.67 bits per heavy atom. The Bertz CT molecular complexity index is 1780. The third-order valence-electron chi connectivity index (χ3n) is 9.02. The Hall–Kier alpha value is -5.51. The van der Waals surface area contributed by atoms with Crippen LogP contribution in [0.3, 0.4) is 0 Å². The maximum Gasteiger partial charge on any atom is 0.405 e. The molecule has 264 valence electrons. The zero-order valence-corrected chi connectivity index (χ0v) is 29.1. The topological polar surface area (TPSA) is 126 Å². The second-order valence-electron chi connectivity index (χ2n) is 12.3. The Balaban J connectivity index is 1.51. The van der Waals surface area contributed by atoms with Gasteiger partial charge in [0, 0.05) is 19.1 Å². The van der Waals surface area contributed by atoms with E-state index in [2.05, 4.69) is 16.0 Å². The first-order valence-corrected chi connectivity index (χ1v) is 17.3. The molecule has 0 aliphatic heterocycles. The lowest BCUT2D eigenvalue weighted by Gasteiger charge is -2.37. The fourth-order valence-corrected chi connectivity index (χ4v) is 6.69. The third-order valence-corrected chi connectivity index (χ3v) is 9.02. The Labute approximate surface area is 299 Å². The standard InChI is InChI=1S/C42H45N3O6/c1-4-50-40(51-5-2)29(3)38(35-27-17-19-30-18-15-16-26-34(30)35)44-39(47)36(43-41(48)49)28-37(46)45-42(31-20-9-6-10-21-31,32-22-11-7-12-23-32)33-24-13-8-14-25-33/h6-27,29,36,38,40,43H,4-5,28H2,1-3H3,(H,44,47)(H,45,46)(H,48,49)/t29-,36-,38?/m0/s1. The zero-order chi connectivity index (χ0) is 36.2. The molecule has 4 N–H and O–H groups in total. The third kappa shape index (κ3) is 8.63. The molecule has 9 heteroatoms. The van der Waals surface area contributed by atoms with Crippen molar-refractivity contribution in [3.8, 4) is 0 Å². The summed E-state index contributed by atoms with van der Waals surface area (Å²) in [6.07, 6.45) is -2.56. The minimum atomic E-state index is -1.43. The van der Waals surface area contributed by atoms with Crippen LogP contribution < -0.4 is 16.0 Å². The maximum absolute atomic E-state index is 14.3. The summed E-state index contributed by atoms with van der Waals surface area (Å²) in [6, 6.07) is 40.3. The van der Waals surface area contributed by atoms with E-state index in [1.807, 2.05) is 154 Å². The quantitative estimate of drug-likeness (QED) is 0.0644. The van der Waals surface area contributed by atoms with Crippen LogP contribution in [0.5, 0.6) is 0 Å². The molecule has 3 amide bonds. The fourth-order valence-electron chi connectivity index (χ4n) is 6.69. The number of benzene rings is 5. The highest BCUT2D eigenvalue weighted by atomic mass is 16.7. The molecule has 0 heterocycles. The van der Waals surface area contributed by atoms with Crippen molar-refractivity contribution >= 4 is 28.7 Å². The smallest absolute Gasteiger partial charge is 0.405 e. The molecule has 0 spiro atoms. The van der Waals surface area contributed by atoms with E-state index in [9.17, 15) is 19.5 Å². The van der Waals surface area contributed by atoms with Crippen LogP contribution in [0.4, 0.5) is 4.79 Å². The van der Waals surface area contributed by atoms with Crippen molar-refractivity contribution in [2.24, 2.45) is 5.92 Å². The van der Waals surface area contributed by atoms with Crippen LogP contribution in [-0.4, -0.2) is 48.6 Å². The van der Waals surface area contributed by atoms with Crippen LogP contribution in [0.15, 0.2) is 133 Å². The monoisotopic (exact) mass is 687 g/mol. The first-order valence-electron chi connectivity index (χ1n) is 17.3. The number of carboxylic acid groups (broad SMARTS) is 1. The average molecular weight is 688 g/mol. The Morgan fingerprint density at radius 2 is 1.16 bits per heavy atom. The minimum absolute atomic E-state index is 0.389. The van der Waals surface area contributed by atoms with Gasteiger partial charge in [-0.05, 0) is 46.9 Å². The molecule has 1 unspecified atom stereocenters. The van der Waals surface area contributed by atoms with E-state index in [-0.39, 0.29) is 0 Å². The van der Waals surface area contributed by atoms with Crippen molar-refractivity contribution in [2.75, 3.05) is 13.2 Å². The summed E-state index contributed by atoms with van der Waals surface area (Å²) in [5, 5.41) is 20.4. The molecule has 5 rings (SSSR count). The molecule has 0 saturated heterocycles. The number of ether oxygens (including phenoxy) is 2. The molecular weight excluding hydrogens is 642 g/mol. The van der Waals surface area contributed by atoms with Gasteiger partial charge in [0.05, 0.1) is 12.5 Å². The van der Waals surface area contributed by atoms with E-state index < -0.39 is 54.2 Å². The van der Waals surface area contributed by atoms with E-state index in [1.54, 1.807) is 0 Å². The van der Waals surface area contributed by atoms with Crippen molar-refractivity contribution in [1.29, 1.82) is 0 Å². The van der Waals surface area contributed by atoms with Crippen molar-refractivity contribution in [3.05, 3.63) is 156 Å². The number of hydrogen-bond donors (Lipinski definition) is 4. The molecule has 0 aliphatic rings. The highest BCUT2D eigenvalue weighted by Gasteiger charge is 2.39. The van der Waals surface area contributed by atoms with E-state index in [4.69, 9.17) is 9.47 Å². The van der Waals surface area contributed by atoms with Gasteiger partial charge in [0.15, 0.2) is 6.29 Å². The summed E-state index contributed by atoms with van der Waals surface area (Å²) in [5.41, 5.74) is 2.06. The summed E-state index contributed by atoms with van der Waals surface area (Å²) < 4.78 is 11.9. The first kappa shape index (κ1) is 36.8. The molecule has 5 aromatic carbocycles. The highest BCUT2D eigenvalue weighted by Crippen LogP contribution is 2.37. The molecule has 51 heavy (non-hydrogen) atoms. The number of fused-ring (bicyclic) bond motifs is 1. The number of carbonyl (C=O) groups is 3. The lowest BCUT2D eigenvalue weighted by Crippen LogP contribution is -2.53. The summed E-state index contributed by atoms with van der Waals surface area (Å²) in [4.78, 5) is 40.6. The number of hydrogen-bond acceptors (Lipinski definition) is 5. The maximum atomic E-state index is 14.3. The van der Waals surface area contributed by atoms with Crippen LogP contribution in [-0.2, 0) is 24.6 Å². The van der Waals surface area contributed by atoms with Crippen LogP contribution in [0, 0.1) is 5.92 Å². The molecule has 3 atom stereocenters.